The molecule has 0 spiro atoms. The molecule has 0 aromatic carbocycles. The molecule has 1 heterocycles. The molecule has 4 rings (SSSR count). The van der Waals surface area contributed by atoms with Crippen molar-refractivity contribution in [3.63, 3.8) is 0 Å². The molecule has 0 unspecified atom stereocenters. The van der Waals surface area contributed by atoms with E-state index in [1.54, 1.807) is 12.8 Å². The standard InChI is InChI=1S/C18H32N2O/c1-21-14-5-8-20(9-6-14)10-7-19-18-12-13-11-17(18)16-4-2-3-15(13)16/h13-19H,2-12H2,1H3/t13-,15-,16+,17+,18-/m1/s1. The van der Waals surface area contributed by atoms with Crippen LogP contribution in [0.3, 0.4) is 0 Å². The van der Waals surface area contributed by atoms with Gasteiger partial charge in [0.05, 0.1) is 6.10 Å². The van der Waals surface area contributed by atoms with Gasteiger partial charge in [-0.25, -0.2) is 0 Å². The fraction of sp³-hybridized carbons (Fsp3) is 1.00. The highest BCUT2D eigenvalue weighted by atomic mass is 16.5. The summed E-state index contributed by atoms with van der Waals surface area (Å²) in [5.74, 6) is 4.33. The third-order valence-corrected chi connectivity index (χ3v) is 7.13. The van der Waals surface area contributed by atoms with Gasteiger partial charge in [-0.05, 0) is 62.2 Å². The first kappa shape index (κ1) is 14.5. The van der Waals surface area contributed by atoms with Gasteiger partial charge in [0.1, 0.15) is 0 Å². The van der Waals surface area contributed by atoms with Crippen LogP contribution in [0.25, 0.3) is 0 Å². The smallest absolute Gasteiger partial charge is 0.0595 e. The van der Waals surface area contributed by atoms with E-state index in [0.717, 1.165) is 29.7 Å². The lowest BCUT2D eigenvalue weighted by Gasteiger charge is -2.34. The van der Waals surface area contributed by atoms with Crippen LogP contribution in [0.15, 0.2) is 0 Å². The van der Waals surface area contributed by atoms with Crippen LogP contribution in [-0.4, -0.2) is 50.3 Å². The molecule has 2 bridgehead atoms. The van der Waals surface area contributed by atoms with E-state index in [-0.39, 0.29) is 0 Å². The molecule has 3 saturated carbocycles. The lowest BCUT2D eigenvalue weighted by Crippen LogP contribution is -2.44. The van der Waals surface area contributed by atoms with Crippen molar-refractivity contribution in [1.82, 2.24) is 10.2 Å². The number of rotatable bonds is 5. The maximum atomic E-state index is 5.46. The van der Waals surface area contributed by atoms with Gasteiger partial charge in [-0.1, -0.05) is 6.42 Å². The van der Waals surface area contributed by atoms with Crippen molar-refractivity contribution in [2.45, 2.75) is 57.1 Å². The molecular weight excluding hydrogens is 260 g/mol. The van der Waals surface area contributed by atoms with Crippen molar-refractivity contribution in [2.24, 2.45) is 23.7 Å². The first-order chi connectivity index (χ1) is 10.3. The third-order valence-electron chi connectivity index (χ3n) is 7.13. The summed E-state index contributed by atoms with van der Waals surface area (Å²) in [7, 11) is 1.85. The molecule has 120 valence electrons. The lowest BCUT2D eigenvalue weighted by atomic mass is 9.79. The summed E-state index contributed by atoms with van der Waals surface area (Å²) in [6, 6.07) is 0.853. The van der Waals surface area contributed by atoms with Crippen LogP contribution in [-0.2, 0) is 4.74 Å². The molecule has 3 nitrogen and oxygen atoms in total. The second-order valence-electron chi connectivity index (χ2n) is 7.99. The number of piperidine rings is 1. The van der Waals surface area contributed by atoms with Gasteiger partial charge < -0.3 is 15.0 Å². The van der Waals surface area contributed by atoms with Crippen molar-refractivity contribution >= 4 is 0 Å². The van der Waals surface area contributed by atoms with Gasteiger partial charge in [-0.15, -0.1) is 0 Å². The highest BCUT2D eigenvalue weighted by Gasteiger charge is 2.53. The van der Waals surface area contributed by atoms with E-state index in [4.69, 9.17) is 4.74 Å². The Bertz CT molecular complexity index is 353. The third kappa shape index (κ3) is 2.77. The summed E-state index contributed by atoms with van der Waals surface area (Å²) in [5.41, 5.74) is 0. The van der Waals surface area contributed by atoms with Crippen LogP contribution in [0.2, 0.25) is 0 Å². The summed E-state index contributed by atoms with van der Waals surface area (Å²) in [6.07, 6.45) is 10.6. The van der Waals surface area contributed by atoms with Crippen LogP contribution < -0.4 is 5.32 Å². The van der Waals surface area contributed by atoms with E-state index in [9.17, 15) is 0 Å². The average Bonchev–Trinajstić information content (AvgIpc) is 3.20. The summed E-state index contributed by atoms with van der Waals surface area (Å²) in [6.45, 7) is 4.88. The topological polar surface area (TPSA) is 24.5 Å². The Hall–Kier alpha value is -0.120. The van der Waals surface area contributed by atoms with Crippen LogP contribution in [0.4, 0.5) is 0 Å². The Morgan fingerprint density at radius 1 is 1.00 bits per heavy atom. The second-order valence-corrected chi connectivity index (χ2v) is 7.99. The van der Waals surface area contributed by atoms with E-state index < -0.39 is 0 Å². The molecule has 21 heavy (non-hydrogen) atoms. The Balaban J connectivity index is 1.19. The summed E-state index contributed by atoms with van der Waals surface area (Å²) in [5, 5.41) is 3.93. The molecule has 0 amide bonds. The Labute approximate surface area is 129 Å². The molecule has 1 aliphatic heterocycles. The Morgan fingerprint density at radius 3 is 2.62 bits per heavy atom. The molecule has 3 aliphatic carbocycles. The number of ether oxygens (including phenoxy) is 1. The molecular formula is C18H32N2O. The van der Waals surface area contributed by atoms with Crippen LogP contribution in [0.5, 0.6) is 0 Å². The normalized spacial score (nSPS) is 43.6. The van der Waals surface area contributed by atoms with Crippen molar-refractivity contribution in [1.29, 1.82) is 0 Å². The van der Waals surface area contributed by atoms with Gasteiger partial charge in [0, 0.05) is 39.3 Å². The number of likely N-dealkylation sites (tertiary alicyclic amines) is 1. The lowest BCUT2D eigenvalue weighted by molar-refractivity contribution is 0.0409. The molecule has 0 aromatic heterocycles. The Morgan fingerprint density at radius 2 is 1.81 bits per heavy atom. The van der Waals surface area contributed by atoms with E-state index in [1.165, 1.54) is 58.3 Å². The predicted molar refractivity (Wildman–Crippen MR) is 85.3 cm³/mol. The number of hydrogen-bond acceptors (Lipinski definition) is 3. The van der Waals surface area contributed by atoms with Gasteiger partial charge in [-0.3, -0.25) is 0 Å². The van der Waals surface area contributed by atoms with Gasteiger partial charge in [0.15, 0.2) is 0 Å². The van der Waals surface area contributed by atoms with Gasteiger partial charge in [0.25, 0.3) is 0 Å². The average molecular weight is 292 g/mol. The van der Waals surface area contributed by atoms with E-state index >= 15 is 0 Å². The van der Waals surface area contributed by atoms with E-state index in [0.29, 0.717) is 6.10 Å². The van der Waals surface area contributed by atoms with E-state index in [2.05, 4.69) is 10.2 Å². The quantitative estimate of drug-likeness (QED) is 0.842. The largest absolute Gasteiger partial charge is 0.381 e. The number of methoxy groups -OCH3 is 1. The minimum atomic E-state index is 0.513. The minimum Gasteiger partial charge on any atom is -0.381 e. The summed E-state index contributed by atoms with van der Waals surface area (Å²) >= 11 is 0. The molecule has 1 saturated heterocycles. The molecule has 1 N–H and O–H groups in total. The predicted octanol–water partition coefficient (Wildman–Crippen LogP) is 2.51. The maximum absolute atomic E-state index is 5.46. The molecule has 4 fully saturated rings. The Kier molecular flexibility index (Phi) is 4.25. The molecule has 0 radical (unpaired) electrons. The van der Waals surface area contributed by atoms with Gasteiger partial charge in [0.2, 0.25) is 0 Å². The van der Waals surface area contributed by atoms with Crippen LogP contribution in [0.1, 0.15) is 44.9 Å². The highest BCUT2D eigenvalue weighted by Crippen LogP contribution is 2.58. The zero-order chi connectivity index (χ0) is 14.2. The molecule has 0 aromatic rings. The van der Waals surface area contributed by atoms with Crippen molar-refractivity contribution < 1.29 is 4.74 Å². The number of hydrogen-bond donors (Lipinski definition) is 1. The zero-order valence-corrected chi connectivity index (χ0v) is 13.6. The maximum Gasteiger partial charge on any atom is 0.0595 e. The van der Waals surface area contributed by atoms with Crippen LogP contribution in [0, 0.1) is 23.7 Å². The first-order valence-corrected chi connectivity index (χ1v) is 9.33. The fourth-order valence-electron chi connectivity index (χ4n) is 6.08. The molecule has 5 atom stereocenters. The fourth-order valence-corrected chi connectivity index (χ4v) is 6.08. The molecule has 4 aliphatic rings. The monoisotopic (exact) mass is 292 g/mol. The van der Waals surface area contributed by atoms with Gasteiger partial charge >= 0.3 is 0 Å². The minimum absolute atomic E-state index is 0.513. The van der Waals surface area contributed by atoms with E-state index in [1.807, 2.05) is 7.11 Å². The number of nitrogens with zero attached hydrogens (tertiary/aromatic N) is 1. The summed E-state index contributed by atoms with van der Waals surface area (Å²) in [4.78, 5) is 2.62. The second kappa shape index (κ2) is 6.17. The van der Waals surface area contributed by atoms with Crippen molar-refractivity contribution in [3.05, 3.63) is 0 Å². The van der Waals surface area contributed by atoms with Crippen molar-refractivity contribution in [2.75, 3.05) is 33.3 Å². The van der Waals surface area contributed by atoms with Gasteiger partial charge in [-0.2, -0.15) is 0 Å². The highest BCUT2D eigenvalue weighted by molar-refractivity contribution is 5.05. The SMILES string of the molecule is COC1CCN(CCN[C@@H]2C[C@H]3C[C@H]2[C@H]2CCC[C@H]32)CC1. The molecule has 3 heteroatoms. The summed E-state index contributed by atoms with van der Waals surface area (Å²) < 4.78 is 5.46. The number of fused-ring (bicyclic) bond motifs is 5. The van der Waals surface area contributed by atoms with Crippen molar-refractivity contribution in [3.8, 4) is 0 Å². The number of nitrogens with one attached hydrogen (secondary N) is 1. The van der Waals surface area contributed by atoms with Crippen LogP contribution >= 0.6 is 0 Å². The zero-order valence-electron chi connectivity index (χ0n) is 13.6. The first-order valence-electron chi connectivity index (χ1n) is 9.33.